The van der Waals surface area contributed by atoms with Crippen molar-refractivity contribution < 1.29 is 9.53 Å². The van der Waals surface area contributed by atoms with Gasteiger partial charge in [0.25, 0.3) is 5.56 Å². The summed E-state index contributed by atoms with van der Waals surface area (Å²) >= 11 is 6.01. The molecular formula is C19H17ClN2O3. The predicted octanol–water partition coefficient (Wildman–Crippen LogP) is 3.35. The van der Waals surface area contributed by atoms with Crippen LogP contribution < -0.4 is 5.56 Å². The molecule has 0 saturated heterocycles. The van der Waals surface area contributed by atoms with Crippen molar-refractivity contribution >= 4 is 28.5 Å². The van der Waals surface area contributed by atoms with E-state index in [1.54, 1.807) is 44.3 Å². The topological polar surface area (TPSA) is 61.2 Å². The Hall–Kier alpha value is -2.66. The highest BCUT2D eigenvalue weighted by Crippen LogP contribution is 2.18. The molecule has 0 aliphatic carbocycles. The fraction of sp³-hybridized carbons (Fsp3) is 0.211. The second-order valence-corrected chi connectivity index (χ2v) is 6.04. The first kappa shape index (κ1) is 17.2. The van der Waals surface area contributed by atoms with Crippen LogP contribution in [0.4, 0.5) is 0 Å². The van der Waals surface area contributed by atoms with Crippen molar-refractivity contribution in [2.24, 2.45) is 7.05 Å². The fourth-order valence-corrected chi connectivity index (χ4v) is 2.87. The molecule has 25 heavy (non-hydrogen) atoms. The molecule has 0 aliphatic heterocycles. The molecule has 0 radical (unpaired) electrons. The minimum absolute atomic E-state index is 0.148. The van der Waals surface area contributed by atoms with Crippen molar-refractivity contribution in [2.45, 2.75) is 13.3 Å². The first-order chi connectivity index (χ1) is 12.0. The largest absolute Gasteiger partial charge is 0.462 e. The van der Waals surface area contributed by atoms with E-state index in [0.29, 0.717) is 40.3 Å². The number of nitrogens with zero attached hydrogens (tertiary/aromatic N) is 2. The van der Waals surface area contributed by atoms with Gasteiger partial charge in [-0.3, -0.25) is 9.36 Å². The molecular weight excluding hydrogens is 340 g/mol. The molecule has 1 heterocycles. The number of rotatable bonds is 4. The maximum absolute atomic E-state index is 12.6. The van der Waals surface area contributed by atoms with Gasteiger partial charge in [-0.25, -0.2) is 9.78 Å². The van der Waals surface area contributed by atoms with E-state index in [4.69, 9.17) is 16.3 Å². The molecule has 0 fully saturated rings. The lowest BCUT2D eigenvalue weighted by Gasteiger charge is -2.12. The van der Waals surface area contributed by atoms with Gasteiger partial charge in [0, 0.05) is 18.5 Å². The maximum atomic E-state index is 12.6. The first-order valence-electron chi connectivity index (χ1n) is 7.91. The van der Waals surface area contributed by atoms with Crippen LogP contribution in [-0.4, -0.2) is 22.1 Å². The Morgan fingerprint density at radius 1 is 1.24 bits per heavy atom. The highest BCUT2D eigenvalue weighted by molar-refractivity contribution is 6.31. The molecule has 5 nitrogen and oxygen atoms in total. The van der Waals surface area contributed by atoms with Crippen LogP contribution >= 0.6 is 11.6 Å². The van der Waals surface area contributed by atoms with Crippen molar-refractivity contribution in [3.05, 3.63) is 74.8 Å². The average Bonchev–Trinajstić information content (AvgIpc) is 2.60. The Labute approximate surface area is 149 Å². The highest BCUT2D eigenvalue weighted by atomic mass is 35.5. The fourth-order valence-electron chi connectivity index (χ4n) is 2.70. The Kier molecular flexibility index (Phi) is 4.86. The van der Waals surface area contributed by atoms with Crippen molar-refractivity contribution in [1.82, 2.24) is 9.55 Å². The molecule has 0 bridgehead atoms. The van der Waals surface area contributed by atoms with E-state index in [0.717, 1.165) is 5.56 Å². The van der Waals surface area contributed by atoms with Crippen LogP contribution in [0.3, 0.4) is 0 Å². The number of esters is 1. The molecule has 0 unspecified atom stereocenters. The Bertz CT molecular complexity index is 1010. The minimum atomic E-state index is -0.382. The van der Waals surface area contributed by atoms with Crippen LogP contribution in [0.1, 0.15) is 28.7 Å². The lowest BCUT2D eigenvalue weighted by Crippen LogP contribution is -2.23. The molecule has 1 aromatic heterocycles. The number of fused-ring (bicyclic) bond motifs is 1. The molecule has 0 spiro atoms. The van der Waals surface area contributed by atoms with Crippen LogP contribution in [0, 0.1) is 0 Å². The van der Waals surface area contributed by atoms with E-state index < -0.39 is 0 Å². The third kappa shape index (κ3) is 3.42. The van der Waals surface area contributed by atoms with Gasteiger partial charge in [-0.2, -0.15) is 0 Å². The van der Waals surface area contributed by atoms with Crippen LogP contribution in [0.2, 0.25) is 5.02 Å². The number of carbonyl (C=O) groups is 1. The van der Waals surface area contributed by atoms with E-state index in [-0.39, 0.29) is 11.5 Å². The molecule has 128 valence electrons. The number of aromatic nitrogens is 2. The summed E-state index contributed by atoms with van der Waals surface area (Å²) in [5.41, 5.74) is 1.62. The van der Waals surface area contributed by atoms with E-state index >= 15 is 0 Å². The summed E-state index contributed by atoms with van der Waals surface area (Å²) < 4.78 is 6.60. The second-order valence-electron chi connectivity index (χ2n) is 5.61. The zero-order valence-corrected chi connectivity index (χ0v) is 14.7. The summed E-state index contributed by atoms with van der Waals surface area (Å²) in [7, 11) is 1.67. The van der Waals surface area contributed by atoms with Gasteiger partial charge >= 0.3 is 5.97 Å². The van der Waals surface area contributed by atoms with Gasteiger partial charge in [0.1, 0.15) is 5.82 Å². The number of ether oxygens (including phenoxy) is 1. The summed E-state index contributed by atoms with van der Waals surface area (Å²) in [6, 6.07) is 12.2. The lowest BCUT2D eigenvalue weighted by molar-refractivity contribution is 0.0525. The van der Waals surface area contributed by atoms with E-state index in [1.807, 2.05) is 12.1 Å². The van der Waals surface area contributed by atoms with Gasteiger partial charge in [-0.15, -0.1) is 0 Å². The zero-order valence-electron chi connectivity index (χ0n) is 14.0. The molecule has 3 rings (SSSR count). The number of halogens is 1. The van der Waals surface area contributed by atoms with Crippen molar-refractivity contribution in [3.63, 3.8) is 0 Å². The zero-order chi connectivity index (χ0) is 18.0. The monoisotopic (exact) mass is 356 g/mol. The first-order valence-corrected chi connectivity index (χ1v) is 8.29. The third-order valence-corrected chi connectivity index (χ3v) is 4.23. The van der Waals surface area contributed by atoms with Crippen LogP contribution in [0.15, 0.2) is 47.3 Å². The highest BCUT2D eigenvalue weighted by Gasteiger charge is 2.15. The lowest BCUT2D eigenvalue weighted by atomic mass is 10.0. The van der Waals surface area contributed by atoms with Crippen molar-refractivity contribution in [3.8, 4) is 0 Å². The third-order valence-electron chi connectivity index (χ3n) is 3.99. The second kappa shape index (κ2) is 7.07. The summed E-state index contributed by atoms with van der Waals surface area (Å²) in [5, 5.41) is 1.03. The van der Waals surface area contributed by atoms with Gasteiger partial charge in [0.2, 0.25) is 0 Å². The normalized spacial score (nSPS) is 10.8. The Morgan fingerprint density at radius 3 is 2.76 bits per heavy atom. The number of carbonyl (C=O) groups excluding carboxylic acids is 1. The molecule has 0 atom stereocenters. The molecule has 0 saturated carbocycles. The van der Waals surface area contributed by atoms with Crippen molar-refractivity contribution in [2.75, 3.05) is 6.61 Å². The summed E-state index contributed by atoms with van der Waals surface area (Å²) in [6.07, 6.45) is 0.336. The smallest absolute Gasteiger partial charge is 0.338 e. The molecule has 6 heteroatoms. The average molecular weight is 357 g/mol. The predicted molar refractivity (Wildman–Crippen MR) is 97.2 cm³/mol. The quantitative estimate of drug-likeness (QED) is 0.672. The molecule has 0 aliphatic rings. The van der Waals surface area contributed by atoms with Gasteiger partial charge in [-0.1, -0.05) is 29.8 Å². The van der Waals surface area contributed by atoms with Crippen molar-refractivity contribution in [1.29, 1.82) is 0 Å². The van der Waals surface area contributed by atoms with Gasteiger partial charge in [-0.05, 0) is 36.8 Å². The summed E-state index contributed by atoms with van der Waals surface area (Å²) in [5.74, 6) is 0.170. The maximum Gasteiger partial charge on any atom is 0.338 e. The standard InChI is InChI=1S/C19H17ClN2O3/c1-3-25-19(24)14-7-5-4-6-12(14)10-17-21-16-11-13(20)8-9-15(16)18(23)22(17)2/h4-9,11H,3,10H2,1-2H3. The van der Waals surface area contributed by atoms with Gasteiger partial charge in [0.15, 0.2) is 0 Å². The molecule has 0 amide bonds. The number of benzene rings is 2. The van der Waals surface area contributed by atoms with Gasteiger partial charge in [0.05, 0.1) is 23.1 Å². The summed E-state index contributed by atoms with van der Waals surface area (Å²) in [4.78, 5) is 29.3. The van der Waals surface area contributed by atoms with E-state index in [9.17, 15) is 9.59 Å². The number of hydrogen-bond acceptors (Lipinski definition) is 4. The summed E-state index contributed by atoms with van der Waals surface area (Å²) in [6.45, 7) is 2.07. The Balaban J connectivity index is 2.09. The van der Waals surface area contributed by atoms with Gasteiger partial charge < -0.3 is 4.74 Å². The Morgan fingerprint density at radius 2 is 2.00 bits per heavy atom. The van der Waals surface area contributed by atoms with Crippen LogP contribution in [0.5, 0.6) is 0 Å². The minimum Gasteiger partial charge on any atom is -0.462 e. The molecule has 2 aromatic carbocycles. The SMILES string of the molecule is CCOC(=O)c1ccccc1Cc1nc2cc(Cl)ccc2c(=O)n1C. The van der Waals surface area contributed by atoms with E-state index in [2.05, 4.69) is 4.98 Å². The van der Waals surface area contributed by atoms with E-state index in [1.165, 1.54) is 4.57 Å². The number of hydrogen-bond donors (Lipinski definition) is 0. The van der Waals surface area contributed by atoms with Crippen LogP contribution in [-0.2, 0) is 18.2 Å². The molecule has 3 aromatic rings. The molecule has 0 N–H and O–H groups in total. The van der Waals surface area contributed by atoms with Crippen LogP contribution in [0.25, 0.3) is 10.9 Å².